The van der Waals surface area contributed by atoms with Gasteiger partial charge in [-0.25, -0.2) is 4.79 Å². The van der Waals surface area contributed by atoms with Crippen molar-refractivity contribution in [1.82, 2.24) is 0 Å². The van der Waals surface area contributed by atoms with E-state index < -0.39 is 5.97 Å². The van der Waals surface area contributed by atoms with Crippen LogP contribution in [0.1, 0.15) is 15.9 Å². The number of aromatic carboxylic acids is 1. The first-order valence-corrected chi connectivity index (χ1v) is 6.17. The van der Waals surface area contributed by atoms with Crippen molar-refractivity contribution in [2.45, 2.75) is 0 Å². The minimum Gasteiger partial charge on any atom is -0.478 e. The lowest BCUT2D eigenvalue weighted by Crippen LogP contribution is -2.00. The second kappa shape index (κ2) is 5.83. The summed E-state index contributed by atoms with van der Waals surface area (Å²) in [5.74, 6) is -0.850. The fraction of sp³-hybridized carbons (Fsp3) is 0. The van der Waals surface area contributed by atoms with Gasteiger partial charge in [0.2, 0.25) is 0 Å². The van der Waals surface area contributed by atoms with Crippen LogP contribution >= 0.6 is 23.2 Å². The maximum atomic E-state index is 11.1. The van der Waals surface area contributed by atoms with E-state index in [1.54, 1.807) is 6.07 Å². The number of halogens is 2. The highest BCUT2D eigenvalue weighted by molar-refractivity contribution is 6.31. The van der Waals surface area contributed by atoms with Crippen LogP contribution in [0.3, 0.4) is 0 Å². The van der Waals surface area contributed by atoms with Crippen LogP contribution in [-0.4, -0.2) is 11.1 Å². The molecule has 0 saturated heterocycles. The third-order valence-electron chi connectivity index (χ3n) is 2.45. The summed E-state index contributed by atoms with van der Waals surface area (Å²) in [4.78, 5) is 11.1. The monoisotopic (exact) mass is 307 g/mol. The van der Waals surface area contributed by atoms with Crippen LogP contribution < -0.4 is 4.74 Å². The number of carboxylic acid groups (broad SMARTS) is 1. The Balaban J connectivity index is 2.45. The fourth-order valence-corrected chi connectivity index (χ4v) is 1.90. The minimum atomic E-state index is -1.17. The summed E-state index contributed by atoms with van der Waals surface area (Å²) < 4.78 is 5.48. The van der Waals surface area contributed by atoms with Gasteiger partial charge in [-0.1, -0.05) is 23.2 Å². The Hall–Kier alpha value is -2.22. The number of rotatable bonds is 3. The molecule has 100 valence electrons. The molecule has 6 heteroatoms. The first kappa shape index (κ1) is 14.2. The molecule has 0 spiro atoms. The van der Waals surface area contributed by atoms with Gasteiger partial charge in [-0.2, -0.15) is 5.26 Å². The molecule has 0 unspecified atom stereocenters. The van der Waals surface area contributed by atoms with Gasteiger partial charge < -0.3 is 9.84 Å². The van der Waals surface area contributed by atoms with Gasteiger partial charge in [0, 0.05) is 10.0 Å². The Kier molecular flexibility index (Phi) is 4.14. The van der Waals surface area contributed by atoms with E-state index >= 15 is 0 Å². The smallest absolute Gasteiger partial charge is 0.339 e. The maximum absolute atomic E-state index is 11.1. The highest BCUT2D eigenvalue weighted by Gasteiger charge is 2.14. The zero-order chi connectivity index (χ0) is 14.7. The zero-order valence-corrected chi connectivity index (χ0v) is 11.4. The summed E-state index contributed by atoms with van der Waals surface area (Å²) in [5.41, 5.74) is 0.125. The average molecular weight is 308 g/mol. The molecule has 0 bridgehead atoms. The molecule has 0 heterocycles. The van der Waals surface area contributed by atoms with Crippen LogP contribution in [-0.2, 0) is 0 Å². The molecule has 2 aromatic carbocycles. The van der Waals surface area contributed by atoms with Gasteiger partial charge in [0.1, 0.15) is 23.1 Å². The number of ether oxygens (including phenoxy) is 1. The van der Waals surface area contributed by atoms with E-state index in [4.69, 9.17) is 38.3 Å². The van der Waals surface area contributed by atoms with Gasteiger partial charge >= 0.3 is 5.97 Å². The largest absolute Gasteiger partial charge is 0.478 e. The standard InChI is InChI=1S/C14H7Cl2NO3/c15-9-1-3-12(8(5-9)7-17)20-13-4-2-10(16)6-11(13)14(18)19/h1-6H,(H,18,19). The number of carbonyl (C=O) groups is 1. The third kappa shape index (κ3) is 3.02. The molecule has 0 aliphatic carbocycles. The summed E-state index contributed by atoms with van der Waals surface area (Å²) >= 11 is 11.5. The predicted octanol–water partition coefficient (Wildman–Crippen LogP) is 4.36. The second-order valence-corrected chi connectivity index (χ2v) is 4.67. The molecule has 0 aliphatic rings. The Labute approximate surface area is 124 Å². The molecular weight excluding hydrogens is 301 g/mol. The SMILES string of the molecule is N#Cc1cc(Cl)ccc1Oc1ccc(Cl)cc1C(=O)O. The highest BCUT2D eigenvalue weighted by Crippen LogP contribution is 2.31. The van der Waals surface area contributed by atoms with Crippen molar-refractivity contribution in [2.24, 2.45) is 0 Å². The molecule has 4 nitrogen and oxygen atoms in total. The summed E-state index contributed by atoms with van der Waals surface area (Å²) in [6.45, 7) is 0. The molecule has 0 radical (unpaired) electrons. The first-order chi connectivity index (χ1) is 9.51. The number of nitriles is 1. The van der Waals surface area contributed by atoms with Crippen LogP contribution in [0.2, 0.25) is 10.0 Å². The Morgan fingerprint density at radius 2 is 1.70 bits per heavy atom. The summed E-state index contributed by atoms with van der Waals surface area (Å²) in [7, 11) is 0. The van der Waals surface area contributed by atoms with E-state index in [9.17, 15) is 4.79 Å². The summed E-state index contributed by atoms with van der Waals surface area (Å²) in [6.07, 6.45) is 0. The molecule has 1 N–H and O–H groups in total. The number of hydrogen-bond donors (Lipinski definition) is 1. The third-order valence-corrected chi connectivity index (χ3v) is 2.92. The van der Waals surface area contributed by atoms with Crippen LogP contribution in [0, 0.1) is 11.3 Å². The van der Waals surface area contributed by atoms with Gasteiger partial charge in [0.05, 0.1) is 5.56 Å². The molecule has 0 aromatic heterocycles. The van der Waals surface area contributed by atoms with Crippen molar-refractivity contribution >= 4 is 29.2 Å². The normalized spacial score (nSPS) is 9.85. The first-order valence-electron chi connectivity index (χ1n) is 5.41. The van der Waals surface area contributed by atoms with Crippen LogP contribution in [0.5, 0.6) is 11.5 Å². The number of nitrogens with zero attached hydrogens (tertiary/aromatic N) is 1. The second-order valence-electron chi connectivity index (χ2n) is 3.80. The molecule has 20 heavy (non-hydrogen) atoms. The van der Waals surface area contributed by atoms with Crippen LogP contribution in [0.4, 0.5) is 0 Å². The molecule has 0 saturated carbocycles. The van der Waals surface area contributed by atoms with Crippen molar-refractivity contribution in [2.75, 3.05) is 0 Å². The van der Waals surface area contributed by atoms with E-state index in [2.05, 4.69) is 0 Å². The van der Waals surface area contributed by atoms with E-state index in [0.29, 0.717) is 5.02 Å². The van der Waals surface area contributed by atoms with Gasteiger partial charge in [-0.05, 0) is 36.4 Å². The Morgan fingerprint density at radius 3 is 2.30 bits per heavy atom. The van der Waals surface area contributed by atoms with Crippen LogP contribution in [0.25, 0.3) is 0 Å². The fourth-order valence-electron chi connectivity index (χ4n) is 1.56. The van der Waals surface area contributed by atoms with E-state index in [0.717, 1.165) is 0 Å². The van der Waals surface area contributed by atoms with Gasteiger partial charge in [0.25, 0.3) is 0 Å². The Bertz CT molecular complexity index is 723. The van der Waals surface area contributed by atoms with Crippen molar-refractivity contribution in [3.05, 3.63) is 57.6 Å². The molecule has 0 fully saturated rings. The van der Waals surface area contributed by atoms with E-state index in [-0.39, 0.29) is 27.6 Å². The quantitative estimate of drug-likeness (QED) is 0.914. The van der Waals surface area contributed by atoms with Gasteiger partial charge in [-0.3, -0.25) is 0 Å². The number of hydrogen-bond acceptors (Lipinski definition) is 3. The van der Waals surface area contributed by atoms with Crippen LogP contribution in [0.15, 0.2) is 36.4 Å². The maximum Gasteiger partial charge on any atom is 0.339 e. The minimum absolute atomic E-state index is 0.0867. The van der Waals surface area contributed by atoms with Crippen molar-refractivity contribution in [3.63, 3.8) is 0 Å². The molecule has 0 amide bonds. The summed E-state index contributed by atoms with van der Waals surface area (Å²) in [5, 5.41) is 18.8. The van der Waals surface area contributed by atoms with E-state index in [1.165, 1.54) is 30.3 Å². The summed E-state index contributed by atoms with van der Waals surface area (Å²) in [6, 6.07) is 10.6. The molecule has 2 rings (SSSR count). The average Bonchev–Trinajstić information content (AvgIpc) is 2.42. The molecular formula is C14H7Cl2NO3. The van der Waals surface area contributed by atoms with Crippen molar-refractivity contribution in [3.8, 4) is 17.6 Å². The van der Waals surface area contributed by atoms with Crippen molar-refractivity contribution in [1.29, 1.82) is 5.26 Å². The number of benzene rings is 2. The molecule has 0 aliphatic heterocycles. The molecule has 0 atom stereocenters. The molecule has 2 aromatic rings. The lowest BCUT2D eigenvalue weighted by Gasteiger charge is -2.10. The van der Waals surface area contributed by atoms with Crippen molar-refractivity contribution < 1.29 is 14.6 Å². The number of carboxylic acids is 1. The highest BCUT2D eigenvalue weighted by atomic mass is 35.5. The van der Waals surface area contributed by atoms with Gasteiger partial charge in [0.15, 0.2) is 0 Å². The van der Waals surface area contributed by atoms with E-state index in [1.807, 2.05) is 6.07 Å². The van der Waals surface area contributed by atoms with Gasteiger partial charge in [-0.15, -0.1) is 0 Å². The Morgan fingerprint density at radius 1 is 1.10 bits per heavy atom. The topological polar surface area (TPSA) is 70.3 Å². The lowest BCUT2D eigenvalue weighted by atomic mass is 10.2. The zero-order valence-electron chi connectivity index (χ0n) is 9.93. The predicted molar refractivity (Wildman–Crippen MR) is 74.7 cm³/mol. The lowest BCUT2D eigenvalue weighted by molar-refractivity contribution is 0.0694.